The van der Waals surface area contributed by atoms with Gasteiger partial charge in [0.25, 0.3) is 0 Å². The van der Waals surface area contributed by atoms with Gasteiger partial charge in [-0.2, -0.15) is 0 Å². The summed E-state index contributed by atoms with van der Waals surface area (Å²) < 4.78 is 10.8. The van der Waals surface area contributed by atoms with E-state index >= 15 is 0 Å². The lowest BCUT2D eigenvalue weighted by atomic mass is 10.1. The van der Waals surface area contributed by atoms with E-state index in [2.05, 4.69) is 36.2 Å². The summed E-state index contributed by atoms with van der Waals surface area (Å²) in [7, 11) is 0. The molecule has 0 aliphatic carbocycles. The molecule has 2 atom stereocenters. The molecule has 18 heavy (non-hydrogen) atoms. The number of anilines is 1. The molecule has 1 aromatic rings. The predicted molar refractivity (Wildman–Crippen MR) is 71.5 cm³/mol. The Hall–Kier alpha value is -1.42. The summed E-state index contributed by atoms with van der Waals surface area (Å²) in [6, 6.07) is 7.33. The maximum Gasteiger partial charge on any atom is 0.231 e. The van der Waals surface area contributed by atoms with Gasteiger partial charge in [-0.05, 0) is 25.5 Å². The van der Waals surface area contributed by atoms with Gasteiger partial charge in [0, 0.05) is 36.9 Å². The molecular formula is C14H20N2O2. The SMILES string of the molecule is CCC1CNC(C)CN1c1ccc2c(c1)OCO2. The van der Waals surface area contributed by atoms with Crippen LogP contribution in [0.15, 0.2) is 18.2 Å². The summed E-state index contributed by atoms with van der Waals surface area (Å²) >= 11 is 0. The first kappa shape index (κ1) is 11.7. The number of piperazine rings is 1. The molecule has 4 nitrogen and oxygen atoms in total. The van der Waals surface area contributed by atoms with Crippen LogP contribution in [0.25, 0.3) is 0 Å². The van der Waals surface area contributed by atoms with Crippen LogP contribution in [-0.2, 0) is 0 Å². The maximum atomic E-state index is 5.46. The molecule has 0 spiro atoms. The minimum Gasteiger partial charge on any atom is -0.454 e. The van der Waals surface area contributed by atoms with Crippen molar-refractivity contribution in [3.8, 4) is 11.5 Å². The van der Waals surface area contributed by atoms with Crippen molar-refractivity contribution in [2.45, 2.75) is 32.4 Å². The maximum absolute atomic E-state index is 5.46. The molecule has 4 heteroatoms. The van der Waals surface area contributed by atoms with Gasteiger partial charge < -0.3 is 19.7 Å². The van der Waals surface area contributed by atoms with Gasteiger partial charge >= 0.3 is 0 Å². The molecule has 0 bridgehead atoms. The van der Waals surface area contributed by atoms with Gasteiger partial charge in [-0.15, -0.1) is 0 Å². The molecule has 0 radical (unpaired) electrons. The number of benzene rings is 1. The highest BCUT2D eigenvalue weighted by atomic mass is 16.7. The number of rotatable bonds is 2. The van der Waals surface area contributed by atoms with Crippen LogP contribution in [0, 0.1) is 0 Å². The molecule has 0 aromatic heterocycles. The molecule has 1 aromatic carbocycles. The molecule has 98 valence electrons. The summed E-state index contributed by atoms with van der Waals surface area (Å²) in [4.78, 5) is 2.48. The number of ether oxygens (including phenoxy) is 2. The first-order chi connectivity index (χ1) is 8.78. The second-order valence-corrected chi connectivity index (χ2v) is 5.06. The van der Waals surface area contributed by atoms with Gasteiger partial charge in [0.15, 0.2) is 11.5 Å². The average Bonchev–Trinajstić information content (AvgIpc) is 2.85. The molecule has 2 heterocycles. The summed E-state index contributed by atoms with van der Waals surface area (Å²) in [5.41, 5.74) is 1.24. The van der Waals surface area contributed by atoms with Crippen molar-refractivity contribution in [2.75, 3.05) is 24.8 Å². The lowest BCUT2D eigenvalue weighted by Gasteiger charge is -2.40. The number of hydrogen-bond donors (Lipinski definition) is 1. The van der Waals surface area contributed by atoms with Gasteiger partial charge in [0.05, 0.1) is 0 Å². The summed E-state index contributed by atoms with van der Waals surface area (Å²) in [6.07, 6.45) is 1.15. The predicted octanol–water partition coefficient (Wildman–Crippen LogP) is 1.99. The third-order valence-corrected chi connectivity index (χ3v) is 3.77. The Morgan fingerprint density at radius 3 is 3.00 bits per heavy atom. The zero-order valence-electron chi connectivity index (χ0n) is 11.0. The van der Waals surface area contributed by atoms with Crippen LogP contribution in [-0.4, -0.2) is 32.0 Å². The van der Waals surface area contributed by atoms with Crippen LogP contribution in [0.3, 0.4) is 0 Å². The first-order valence-electron chi connectivity index (χ1n) is 6.67. The van der Waals surface area contributed by atoms with Crippen molar-refractivity contribution in [3.05, 3.63) is 18.2 Å². The molecule has 1 fully saturated rings. The van der Waals surface area contributed by atoms with Gasteiger partial charge in [-0.3, -0.25) is 0 Å². The van der Waals surface area contributed by atoms with Crippen molar-refractivity contribution >= 4 is 5.69 Å². The topological polar surface area (TPSA) is 33.7 Å². The highest BCUT2D eigenvalue weighted by Crippen LogP contribution is 2.36. The van der Waals surface area contributed by atoms with E-state index in [9.17, 15) is 0 Å². The van der Waals surface area contributed by atoms with E-state index in [0.717, 1.165) is 31.0 Å². The number of nitrogens with zero attached hydrogens (tertiary/aromatic N) is 1. The minimum absolute atomic E-state index is 0.341. The zero-order chi connectivity index (χ0) is 12.5. The number of hydrogen-bond acceptors (Lipinski definition) is 4. The molecule has 2 aliphatic rings. The van der Waals surface area contributed by atoms with E-state index in [1.54, 1.807) is 0 Å². The van der Waals surface area contributed by atoms with E-state index in [0.29, 0.717) is 18.9 Å². The fourth-order valence-electron chi connectivity index (χ4n) is 2.70. The Kier molecular flexibility index (Phi) is 3.04. The second kappa shape index (κ2) is 4.69. The molecule has 0 saturated carbocycles. The smallest absolute Gasteiger partial charge is 0.231 e. The molecule has 1 saturated heterocycles. The highest BCUT2D eigenvalue weighted by Gasteiger charge is 2.26. The third kappa shape index (κ3) is 2.01. The lowest BCUT2D eigenvalue weighted by molar-refractivity contribution is 0.174. The molecule has 2 aliphatic heterocycles. The Morgan fingerprint density at radius 1 is 1.33 bits per heavy atom. The highest BCUT2D eigenvalue weighted by molar-refractivity contribution is 5.58. The Bertz CT molecular complexity index is 436. The molecule has 1 N–H and O–H groups in total. The average molecular weight is 248 g/mol. The molecular weight excluding hydrogens is 228 g/mol. The second-order valence-electron chi connectivity index (χ2n) is 5.06. The van der Waals surface area contributed by atoms with Crippen LogP contribution in [0.2, 0.25) is 0 Å². The molecule has 0 amide bonds. The monoisotopic (exact) mass is 248 g/mol. The van der Waals surface area contributed by atoms with Crippen LogP contribution >= 0.6 is 0 Å². The van der Waals surface area contributed by atoms with Crippen LogP contribution in [0.1, 0.15) is 20.3 Å². The minimum atomic E-state index is 0.341. The van der Waals surface area contributed by atoms with Gasteiger partial charge in [-0.1, -0.05) is 6.92 Å². The Labute approximate surface area is 108 Å². The van der Waals surface area contributed by atoms with Gasteiger partial charge in [0.1, 0.15) is 0 Å². The van der Waals surface area contributed by atoms with Crippen molar-refractivity contribution < 1.29 is 9.47 Å². The van der Waals surface area contributed by atoms with E-state index < -0.39 is 0 Å². The van der Waals surface area contributed by atoms with Crippen molar-refractivity contribution in [1.82, 2.24) is 5.32 Å². The fourth-order valence-corrected chi connectivity index (χ4v) is 2.70. The summed E-state index contributed by atoms with van der Waals surface area (Å²) in [6.45, 7) is 6.90. The van der Waals surface area contributed by atoms with E-state index in [1.807, 2.05) is 6.07 Å². The van der Waals surface area contributed by atoms with E-state index in [-0.39, 0.29) is 0 Å². The lowest BCUT2D eigenvalue weighted by Crippen LogP contribution is -2.55. The normalized spacial score (nSPS) is 26.4. The number of fused-ring (bicyclic) bond motifs is 1. The van der Waals surface area contributed by atoms with Crippen LogP contribution in [0.5, 0.6) is 11.5 Å². The molecule has 3 rings (SSSR count). The van der Waals surface area contributed by atoms with Gasteiger partial charge in [0.2, 0.25) is 6.79 Å². The first-order valence-corrected chi connectivity index (χ1v) is 6.67. The van der Waals surface area contributed by atoms with Gasteiger partial charge in [-0.25, -0.2) is 0 Å². The third-order valence-electron chi connectivity index (χ3n) is 3.77. The van der Waals surface area contributed by atoms with Crippen molar-refractivity contribution in [3.63, 3.8) is 0 Å². The quantitative estimate of drug-likeness (QED) is 0.868. The molecule has 2 unspecified atom stereocenters. The standard InChI is InChI=1S/C14H20N2O2/c1-3-11-7-15-10(2)8-16(11)12-4-5-13-14(6-12)18-9-17-13/h4-6,10-11,15H,3,7-9H2,1-2H3. The summed E-state index contributed by atoms with van der Waals surface area (Å²) in [5, 5.41) is 3.54. The van der Waals surface area contributed by atoms with Crippen molar-refractivity contribution in [2.24, 2.45) is 0 Å². The van der Waals surface area contributed by atoms with Crippen LogP contribution in [0.4, 0.5) is 5.69 Å². The Balaban J connectivity index is 1.87. The van der Waals surface area contributed by atoms with E-state index in [4.69, 9.17) is 9.47 Å². The summed E-state index contributed by atoms with van der Waals surface area (Å²) in [5.74, 6) is 1.73. The number of nitrogens with one attached hydrogen (secondary N) is 1. The van der Waals surface area contributed by atoms with Crippen LogP contribution < -0.4 is 19.7 Å². The van der Waals surface area contributed by atoms with E-state index in [1.165, 1.54) is 5.69 Å². The van der Waals surface area contributed by atoms with Crippen molar-refractivity contribution in [1.29, 1.82) is 0 Å². The Morgan fingerprint density at radius 2 is 2.17 bits per heavy atom. The fraction of sp³-hybridized carbons (Fsp3) is 0.571. The largest absolute Gasteiger partial charge is 0.454 e. The zero-order valence-corrected chi connectivity index (χ0v) is 11.0.